The van der Waals surface area contributed by atoms with E-state index in [1.165, 1.54) is 12.8 Å². The van der Waals surface area contributed by atoms with Crippen molar-refractivity contribution < 1.29 is 4.74 Å². The molecule has 0 aromatic heterocycles. The van der Waals surface area contributed by atoms with Gasteiger partial charge in [-0.3, -0.25) is 0 Å². The molecule has 60 valence electrons. The van der Waals surface area contributed by atoms with Crippen LogP contribution < -0.4 is 5.73 Å². The van der Waals surface area contributed by atoms with Gasteiger partial charge in [0.05, 0.1) is 6.10 Å². The molecule has 1 aliphatic rings. The molecule has 1 fully saturated rings. The van der Waals surface area contributed by atoms with E-state index in [-0.39, 0.29) is 6.04 Å². The molecule has 2 nitrogen and oxygen atoms in total. The maximum atomic E-state index is 5.74. The Labute approximate surface area is 62.7 Å². The molecule has 1 aliphatic heterocycles. The average Bonchev–Trinajstić information content (AvgIpc) is 2.36. The van der Waals surface area contributed by atoms with Crippen molar-refractivity contribution in [3.05, 3.63) is 0 Å². The van der Waals surface area contributed by atoms with Crippen molar-refractivity contribution in [3.63, 3.8) is 0 Å². The molecule has 0 amide bonds. The molecule has 0 spiro atoms. The van der Waals surface area contributed by atoms with E-state index in [1.54, 1.807) is 0 Å². The Hall–Kier alpha value is -0.0800. The summed E-state index contributed by atoms with van der Waals surface area (Å²) in [6.07, 6.45) is 2.84. The van der Waals surface area contributed by atoms with Crippen molar-refractivity contribution in [2.24, 2.45) is 11.7 Å². The zero-order chi connectivity index (χ0) is 7.56. The second-order valence-electron chi connectivity index (χ2n) is 3.27. The molecule has 0 aliphatic carbocycles. The van der Waals surface area contributed by atoms with Crippen molar-refractivity contribution in [2.45, 2.75) is 38.8 Å². The van der Waals surface area contributed by atoms with E-state index in [9.17, 15) is 0 Å². The van der Waals surface area contributed by atoms with E-state index in [4.69, 9.17) is 10.5 Å². The van der Waals surface area contributed by atoms with Gasteiger partial charge in [0.15, 0.2) is 0 Å². The van der Waals surface area contributed by atoms with Crippen LogP contribution in [-0.4, -0.2) is 18.8 Å². The lowest BCUT2D eigenvalue weighted by Crippen LogP contribution is -2.33. The summed E-state index contributed by atoms with van der Waals surface area (Å²) in [7, 11) is 0. The molecular weight excluding hydrogens is 126 g/mol. The summed E-state index contributed by atoms with van der Waals surface area (Å²) < 4.78 is 5.50. The van der Waals surface area contributed by atoms with E-state index in [0.29, 0.717) is 12.0 Å². The Morgan fingerprint density at radius 2 is 2.20 bits per heavy atom. The molecule has 0 radical (unpaired) electrons. The van der Waals surface area contributed by atoms with Crippen molar-refractivity contribution in [3.8, 4) is 0 Å². The Balaban J connectivity index is 2.32. The maximum absolute atomic E-state index is 5.74. The quantitative estimate of drug-likeness (QED) is 0.629. The highest BCUT2D eigenvalue weighted by Gasteiger charge is 2.24. The second kappa shape index (κ2) is 3.35. The van der Waals surface area contributed by atoms with Gasteiger partial charge in [-0.05, 0) is 25.7 Å². The van der Waals surface area contributed by atoms with Crippen molar-refractivity contribution in [2.75, 3.05) is 6.61 Å². The van der Waals surface area contributed by atoms with E-state index < -0.39 is 0 Å². The summed E-state index contributed by atoms with van der Waals surface area (Å²) in [5.74, 6) is 0.516. The van der Waals surface area contributed by atoms with Crippen LogP contribution in [0.1, 0.15) is 26.7 Å². The van der Waals surface area contributed by atoms with Crippen LogP contribution in [0.15, 0.2) is 0 Å². The first-order valence-electron chi connectivity index (χ1n) is 4.09. The van der Waals surface area contributed by atoms with E-state index >= 15 is 0 Å². The fourth-order valence-corrected chi connectivity index (χ4v) is 1.36. The highest BCUT2D eigenvalue weighted by molar-refractivity contribution is 4.76. The standard InChI is InChI=1S/C8H17NO/c1-6(7(2)9)8-4-3-5-10-8/h6-8H,3-5,9H2,1-2H3/t6?,7-,8?/m1/s1. The Bertz CT molecular complexity index is 97.4. The third kappa shape index (κ3) is 1.70. The van der Waals surface area contributed by atoms with Gasteiger partial charge in [-0.15, -0.1) is 0 Å². The van der Waals surface area contributed by atoms with Crippen LogP contribution in [0.25, 0.3) is 0 Å². The molecule has 1 saturated heterocycles. The molecule has 0 bridgehead atoms. The van der Waals surface area contributed by atoms with Gasteiger partial charge in [-0.2, -0.15) is 0 Å². The Morgan fingerprint density at radius 1 is 1.50 bits per heavy atom. The van der Waals surface area contributed by atoms with Crippen LogP contribution in [0, 0.1) is 5.92 Å². The molecule has 0 aromatic carbocycles. The summed E-state index contributed by atoms with van der Waals surface area (Å²) in [5.41, 5.74) is 5.74. The summed E-state index contributed by atoms with van der Waals surface area (Å²) >= 11 is 0. The molecule has 0 saturated carbocycles. The summed E-state index contributed by atoms with van der Waals surface area (Å²) in [4.78, 5) is 0. The largest absolute Gasteiger partial charge is 0.378 e. The third-order valence-electron chi connectivity index (χ3n) is 2.38. The number of hydrogen-bond donors (Lipinski definition) is 1. The zero-order valence-corrected chi connectivity index (χ0v) is 6.84. The fourth-order valence-electron chi connectivity index (χ4n) is 1.36. The molecule has 1 heterocycles. The van der Waals surface area contributed by atoms with Gasteiger partial charge in [0, 0.05) is 12.6 Å². The molecule has 2 unspecified atom stereocenters. The number of rotatable bonds is 2. The van der Waals surface area contributed by atoms with Crippen LogP contribution in [0.2, 0.25) is 0 Å². The summed E-state index contributed by atoms with van der Waals surface area (Å²) in [5, 5.41) is 0. The molecule has 2 N–H and O–H groups in total. The van der Waals surface area contributed by atoms with Crippen molar-refractivity contribution in [1.29, 1.82) is 0 Å². The monoisotopic (exact) mass is 143 g/mol. The highest BCUT2D eigenvalue weighted by Crippen LogP contribution is 2.21. The van der Waals surface area contributed by atoms with Crippen LogP contribution >= 0.6 is 0 Å². The minimum Gasteiger partial charge on any atom is -0.378 e. The lowest BCUT2D eigenvalue weighted by Gasteiger charge is -2.21. The average molecular weight is 143 g/mol. The maximum Gasteiger partial charge on any atom is 0.0616 e. The second-order valence-corrected chi connectivity index (χ2v) is 3.27. The smallest absolute Gasteiger partial charge is 0.0616 e. The van der Waals surface area contributed by atoms with Crippen molar-refractivity contribution in [1.82, 2.24) is 0 Å². The van der Waals surface area contributed by atoms with Gasteiger partial charge in [0.25, 0.3) is 0 Å². The molecule has 1 rings (SSSR count). The number of nitrogens with two attached hydrogens (primary N) is 1. The van der Waals surface area contributed by atoms with Crippen LogP contribution in [0.5, 0.6) is 0 Å². The molecule has 3 atom stereocenters. The summed E-state index contributed by atoms with van der Waals surface area (Å²) in [6, 6.07) is 0.267. The fraction of sp³-hybridized carbons (Fsp3) is 1.00. The van der Waals surface area contributed by atoms with Gasteiger partial charge in [0.1, 0.15) is 0 Å². The van der Waals surface area contributed by atoms with Gasteiger partial charge in [-0.1, -0.05) is 6.92 Å². The summed E-state index contributed by atoms with van der Waals surface area (Å²) in [6.45, 7) is 5.15. The first-order chi connectivity index (χ1) is 4.72. The van der Waals surface area contributed by atoms with Crippen LogP contribution in [0.3, 0.4) is 0 Å². The highest BCUT2D eigenvalue weighted by atomic mass is 16.5. The first kappa shape index (κ1) is 8.02. The SMILES string of the molecule is CC(C1CCCO1)[C@@H](C)N. The minimum atomic E-state index is 0.267. The molecule has 2 heteroatoms. The van der Waals surface area contributed by atoms with Crippen molar-refractivity contribution >= 4 is 0 Å². The first-order valence-corrected chi connectivity index (χ1v) is 4.09. The minimum absolute atomic E-state index is 0.267. The van der Waals surface area contributed by atoms with Gasteiger partial charge in [0.2, 0.25) is 0 Å². The predicted octanol–water partition coefficient (Wildman–Crippen LogP) is 1.15. The van der Waals surface area contributed by atoms with E-state index in [0.717, 1.165) is 6.61 Å². The molecular formula is C8H17NO. The lowest BCUT2D eigenvalue weighted by molar-refractivity contribution is 0.0620. The lowest BCUT2D eigenvalue weighted by atomic mass is 9.96. The van der Waals surface area contributed by atoms with E-state index in [1.807, 2.05) is 6.92 Å². The Kier molecular flexibility index (Phi) is 2.69. The van der Waals surface area contributed by atoms with E-state index in [2.05, 4.69) is 6.92 Å². The molecule has 10 heavy (non-hydrogen) atoms. The van der Waals surface area contributed by atoms with Crippen LogP contribution in [0.4, 0.5) is 0 Å². The third-order valence-corrected chi connectivity index (χ3v) is 2.38. The van der Waals surface area contributed by atoms with Gasteiger partial charge >= 0.3 is 0 Å². The van der Waals surface area contributed by atoms with Gasteiger partial charge in [-0.25, -0.2) is 0 Å². The zero-order valence-electron chi connectivity index (χ0n) is 6.84. The van der Waals surface area contributed by atoms with Gasteiger partial charge < -0.3 is 10.5 Å². The topological polar surface area (TPSA) is 35.2 Å². The van der Waals surface area contributed by atoms with Crippen LogP contribution in [-0.2, 0) is 4.74 Å². The Morgan fingerprint density at radius 3 is 2.60 bits per heavy atom. The number of ether oxygens (including phenoxy) is 1. The number of hydrogen-bond acceptors (Lipinski definition) is 2. The molecule has 0 aromatic rings. The predicted molar refractivity (Wildman–Crippen MR) is 41.8 cm³/mol. The normalized spacial score (nSPS) is 32.1.